The van der Waals surface area contributed by atoms with Gasteiger partial charge in [0.15, 0.2) is 6.29 Å². The van der Waals surface area contributed by atoms with Gasteiger partial charge in [0.25, 0.3) is 0 Å². The Morgan fingerprint density at radius 1 is 1.33 bits per heavy atom. The summed E-state index contributed by atoms with van der Waals surface area (Å²) in [6.45, 7) is 8.26. The Balaban J connectivity index is 3.24. The van der Waals surface area contributed by atoms with Crippen LogP contribution in [-0.2, 0) is 0 Å². The third-order valence-corrected chi connectivity index (χ3v) is 3.66. The molecule has 1 aromatic carbocycles. The van der Waals surface area contributed by atoms with E-state index < -0.39 is 8.32 Å². The second kappa shape index (κ2) is 4.49. The van der Waals surface area contributed by atoms with E-state index in [2.05, 4.69) is 35.6 Å². The fourth-order valence-electron chi connectivity index (χ4n) is 1.17. The second-order valence-electron chi connectivity index (χ2n) is 4.45. The van der Waals surface area contributed by atoms with Gasteiger partial charge in [0.2, 0.25) is 8.32 Å². The molecule has 0 atom stereocenters. The maximum absolute atomic E-state index is 10.9. The number of carbonyl (C=O) groups is 1. The molecule has 0 heterocycles. The van der Waals surface area contributed by atoms with Gasteiger partial charge in [-0.15, -0.1) is 0 Å². The fourth-order valence-corrected chi connectivity index (χ4v) is 2.60. The highest BCUT2D eigenvalue weighted by molar-refractivity contribution is 9.10. The van der Waals surface area contributed by atoms with E-state index >= 15 is 0 Å². The number of rotatable bonds is 3. The van der Waals surface area contributed by atoms with Crippen molar-refractivity contribution in [3.05, 3.63) is 27.7 Å². The van der Waals surface area contributed by atoms with Gasteiger partial charge in [-0.2, -0.15) is 0 Å². The molecule has 0 radical (unpaired) electrons. The zero-order valence-corrected chi connectivity index (χ0v) is 12.0. The van der Waals surface area contributed by atoms with Crippen molar-refractivity contribution in [1.29, 1.82) is 0 Å². The van der Waals surface area contributed by atoms with Crippen molar-refractivity contribution in [3.63, 3.8) is 0 Å². The molecule has 1 rings (SSSR count). The Kier molecular flexibility index (Phi) is 3.73. The van der Waals surface area contributed by atoms with Crippen LogP contribution in [-0.4, -0.2) is 14.6 Å². The highest BCUT2D eigenvalue weighted by Gasteiger charge is 2.20. The van der Waals surface area contributed by atoms with Crippen LogP contribution < -0.4 is 4.43 Å². The molecule has 0 aliphatic heterocycles. The van der Waals surface area contributed by atoms with Crippen molar-refractivity contribution in [2.24, 2.45) is 0 Å². The van der Waals surface area contributed by atoms with Gasteiger partial charge in [-0.05, 0) is 54.1 Å². The number of benzene rings is 1. The van der Waals surface area contributed by atoms with Crippen molar-refractivity contribution >= 4 is 30.5 Å². The minimum absolute atomic E-state index is 0.606. The Morgan fingerprint density at radius 2 is 1.93 bits per heavy atom. The summed E-state index contributed by atoms with van der Waals surface area (Å²) in [5.74, 6) is 0.684. The largest absolute Gasteiger partial charge is 0.543 e. The molecule has 0 aliphatic rings. The summed E-state index contributed by atoms with van der Waals surface area (Å²) in [4.78, 5) is 10.9. The van der Waals surface area contributed by atoms with Crippen molar-refractivity contribution in [2.75, 3.05) is 0 Å². The number of aldehydes is 1. The molecule has 0 fully saturated rings. The van der Waals surface area contributed by atoms with Crippen molar-refractivity contribution in [2.45, 2.75) is 26.6 Å². The van der Waals surface area contributed by atoms with Crippen molar-refractivity contribution < 1.29 is 9.22 Å². The Bertz CT molecular complexity index is 383. The summed E-state index contributed by atoms with van der Waals surface area (Å²) in [5, 5.41) is 0. The first-order valence-corrected chi connectivity index (χ1v) is 8.98. The van der Waals surface area contributed by atoms with E-state index in [1.54, 1.807) is 6.07 Å². The van der Waals surface area contributed by atoms with E-state index in [1.165, 1.54) is 0 Å². The average Bonchev–Trinajstić information content (AvgIpc) is 2.11. The summed E-state index contributed by atoms with van der Waals surface area (Å²) in [6, 6.07) is 3.70. The number of carbonyl (C=O) groups excluding carboxylic acids is 1. The lowest BCUT2D eigenvalue weighted by Gasteiger charge is -2.22. The van der Waals surface area contributed by atoms with Gasteiger partial charge in [-0.25, -0.2) is 0 Å². The van der Waals surface area contributed by atoms with Crippen molar-refractivity contribution in [3.8, 4) is 5.75 Å². The average molecular weight is 287 g/mol. The smallest absolute Gasteiger partial charge is 0.242 e. The molecule has 4 heteroatoms. The number of aryl methyl sites for hydroxylation is 1. The van der Waals surface area contributed by atoms with Crippen LogP contribution in [0.25, 0.3) is 0 Å². The number of halogens is 1. The topological polar surface area (TPSA) is 26.3 Å². The monoisotopic (exact) mass is 286 g/mol. The number of hydrogen-bond donors (Lipinski definition) is 0. The maximum atomic E-state index is 10.9. The molecule has 2 nitrogen and oxygen atoms in total. The van der Waals surface area contributed by atoms with Crippen LogP contribution in [0.2, 0.25) is 19.6 Å². The molecule has 0 amide bonds. The first kappa shape index (κ1) is 12.5. The molecule has 0 saturated heterocycles. The highest BCUT2D eigenvalue weighted by Crippen LogP contribution is 2.33. The fraction of sp³-hybridized carbons (Fsp3) is 0.364. The van der Waals surface area contributed by atoms with Crippen LogP contribution in [0, 0.1) is 6.92 Å². The predicted octanol–water partition coefficient (Wildman–Crippen LogP) is 3.78. The molecule has 0 aromatic heterocycles. The molecular weight excluding hydrogens is 272 g/mol. The Labute approximate surface area is 99.9 Å². The SMILES string of the molecule is Cc1ccc(C=O)c(O[Si](C)(C)C)c1Br. The summed E-state index contributed by atoms with van der Waals surface area (Å²) in [6.07, 6.45) is 0.833. The molecule has 0 aliphatic carbocycles. The van der Waals surface area contributed by atoms with Crippen molar-refractivity contribution in [1.82, 2.24) is 0 Å². The molecule has 1 aromatic rings. The van der Waals surface area contributed by atoms with Gasteiger partial charge in [0, 0.05) is 0 Å². The normalized spacial score (nSPS) is 11.3. The van der Waals surface area contributed by atoms with Crippen LogP contribution in [0.1, 0.15) is 15.9 Å². The molecular formula is C11H15BrO2Si. The molecule has 0 unspecified atom stereocenters. The van der Waals surface area contributed by atoms with Crippen LogP contribution in [0.3, 0.4) is 0 Å². The summed E-state index contributed by atoms with van der Waals surface area (Å²) in [5.41, 5.74) is 1.68. The lowest BCUT2D eigenvalue weighted by molar-refractivity contribution is 0.112. The van der Waals surface area contributed by atoms with Gasteiger partial charge in [-0.3, -0.25) is 4.79 Å². The summed E-state index contributed by atoms with van der Waals surface area (Å²) >= 11 is 3.46. The molecule has 0 bridgehead atoms. The zero-order valence-electron chi connectivity index (χ0n) is 9.43. The van der Waals surface area contributed by atoms with Crippen LogP contribution in [0.5, 0.6) is 5.75 Å². The third kappa shape index (κ3) is 3.17. The van der Waals surface area contributed by atoms with Gasteiger partial charge in [-0.1, -0.05) is 6.07 Å². The van der Waals surface area contributed by atoms with E-state index in [4.69, 9.17) is 4.43 Å². The van der Waals surface area contributed by atoms with E-state index in [0.717, 1.165) is 16.3 Å². The summed E-state index contributed by atoms with van der Waals surface area (Å²) < 4.78 is 6.78. The molecule has 82 valence electrons. The van der Waals surface area contributed by atoms with Crippen LogP contribution in [0.15, 0.2) is 16.6 Å². The predicted molar refractivity (Wildman–Crippen MR) is 68.2 cm³/mol. The van der Waals surface area contributed by atoms with Gasteiger partial charge in [0.05, 0.1) is 10.0 Å². The minimum Gasteiger partial charge on any atom is -0.543 e. The zero-order chi connectivity index (χ0) is 11.6. The van der Waals surface area contributed by atoms with E-state index in [1.807, 2.05) is 13.0 Å². The van der Waals surface area contributed by atoms with E-state index in [-0.39, 0.29) is 0 Å². The maximum Gasteiger partial charge on any atom is 0.242 e. The van der Waals surface area contributed by atoms with Gasteiger partial charge >= 0.3 is 0 Å². The summed E-state index contributed by atoms with van der Waals surface area (Å²) in [7, 11) is -1.69. The first-order valence-electron chi connectivity index (χ1n) is 4.78. The third-order valence-electron chi connectivity index (χ3n) is 1.86. The van der Waals surface area contributed by atoms with Crippen LogP contribution in [0.4, 0.5) is 0 Å². The Hall–Kier alpha value is -0.613. The minimum atomic E-state index is -1.69. The van der Waals surface area contributed by atoms with Crippen LogP contribution >= 0.6 is 15.9 Å². The van der Waals surface area contributed by atoms with E-state index in [0.29, 0.717) is 11.3 Å². The van der Waals surface area contributed by atoms with Gasteiger partial charge in [0.1, 0.15) is 5.75 Å². The molecule has 15 heavy (non-hydrogen) atoms. The molecule has 0 N–H and O–H groups in total. The lowest BCUT2D eigenvalue weighted by atomic mass is 10.1. The molecule has 0 saturated carbocycles. The highest BCUT2D eigenvalue weighted by atomic mass is 79.9. The molecule has 0 spiro atoms. The van der Waals surface area contributed by atoms with E-state index in [9.17, 15) is 4.79 Å². The van der Waals surface area contributed by atoms with Gasteiger partial charge < -0.3 is 4.43 Å². The standard InChI is InChI=1S/C11H15BrO2Si/c1-8-5-6-9(7-13)11(10(8)12)14-15(2,3)4/h5-7H,1-4H3. The Morgan fingerprint density at radius 3 is 2.40 bits per heavy atom. The first-order chi connectivity index (χ1) is 6.85. The number of hydrogen-bond acceptors (Lipinski definition) is 2. The quantitative estimate of drug-likeness (QED) is 0.624. The second-order valence-corrected chi connectivity index (χ2v) is 9.67. The lowest BCUT2D eigenvalue weighted by Crippen LogP contribution is -2.30.